The molecule has 2 aliphatic rings. The summed E-state index contributed by atoms with van der Waals surface area (Å²) in [6.07, 6.45) is -3.14. The molecule has 1 saturated heterocycles. The van der Waals surface area contributed by atoms with E-state index in [9.17, 15) is 22.8 Å². The number of hydrogen-bond donors (Lipinski definition) is 2. The molecule has 176 valence electrons. The molecule has 1 fully saturated rings. The number of rotatable bonds is 4. The molecule has 8 nitrogen and oxygen atoms in total. The molecule has 2 aliphatic heterocycles. The third-order valence-corrected chi connectivity index (χ3v) is 5.75. The fraction of sp³-hybridized carbons (Fsp3) is 0.409. The van der Waals surface area contributed by atoms with Crippen LogP contribution in [0.2, 0.25) is 0 Å². The number of furan rings is 1. The first-order chi connectivity index (χ1) is 15.6. The first-order valence-electron chi connectivity index (χ1n) is 10.5. The lowest BCUT2D eigenvalue weighted by Gasteiger charge is -2.37. The minimum atomic E-state index is -4.43. The highest BCUT2D eigenvalue weighted by Gasteiger charge is 2.44. The highest BCUT2D eigenvalue weighted by molar-refractivity contribution is 6.39. The summed E-state index contributed by atoms with van der Waals surface area (Å²) in [7, 11) is 0. The minimum absolute atomic E-state index is 0.247. The Hall–Kier alpha value is -3.50. The molecule has 0 unspecified atom stereocenters. The van der Waals surface area contributed by atoms with Gasteiger partial charge < -0.3 is 24.8 Å². The van der Waals surface area contributed by atoms with Crippen molar-refractivity contribution in [1.29, 1.82) is 0 Å². The number of anilines is 1. The molecule has 3 amide bonds. The number of likely N-dealkylation sites (tertiary alicyclic amines) is 1. The van der Waals surface area contributed by atoms with Gasteiger partial charge in [0.25, 0.3) is 5.91 Å². The Balaban J connectivity index is 1.24. The minimum Gasteiger partial charge on any atom is -0.465 e. The number of urea groups is 1. The van der Waals surface area contributed by atoms with Crippen molar-refractivity contribution in [3.05, 3.63) is 53.5 Å². The molecule has 0 saturated carbocycles. The van der Waals surface area contributed by atoms with E-state index in [1.807, 2.05) is 13.0 Å². The molecule has 4 rings (SSSR count). The standard InChI is InChI=1S/C22H23F3N4O4/c1-14-2-7-17(32-14)13-26-19(30)18-12-21(33-28-18)8-10-29(11-9-21)20(31)27-16-5-3-15(4-6-16)22(23,24)25/h2-7H,8-13H2,1H3,(H,26,30)(H,27,31). The Labute approximate surface area is 187 Å². The molecular weight excluding hydrogens is 441 g/mol. The van der Waals surface area contributed by atoms with E-state index in [4.69, 9.17) is 9.25 Å². The lowest BCUT2D eigenvalue weighted by atomic mass is 9.87. The van der Waals surface area contributed by atoms with Crippen LogP contribution in [0, 0.1) is 6.92 Å². The Morgan fingerprint density at radius 2 is 1.82 bits per heavy atom. The topological polar surface area (TPSA) is 96.2 Å². The normalized spacial score (nSPS) is 17.5. The van der Waals surface area contributed by atoms with Crippen LogP contribution in [0.4, 0.5) is 23.7 Å². The number of nitrogens with zero attached hydrogens (tertiary/aromatic N) is 2. The van der Waals surface area contributed by atoms with Gasteiger partial charge in [0, 0.05) is 38.0 Å². The van der Waals surface area contributed by atoms with Crippen molar-refractivity contribution in [3.63, 3.8) is 0 Å². The lowest BCUT2D eigenvalue weighted by molar-refractivity contribution is -0.137. The molecule has 2 N–H and O–H groups in total. The van der Waals surface area contributed by atoms with Gasteiger partial charge in [0.2, 0.25) is 0 Å². The first-order valence-corrected chi connectivity index (χ1v) is 10.5. The zero-order chi connectivity index (χ0) is 23.6. The van der Waals surface area contributed by atoms with Crippen LogP contribution in [0.3, 0.4) is 0 Å². The molecule has 1 aromatic carbocycles. The number of alkyl halides is 3. The Kier molecular flexibility index (Phi) is 6.05. The van der Waals surface area contributed by atoms with Gasteiger partial charge in [0.1, 0.15) is 22.8 Å². The van der Waals surface area contributed by atoms with Crippen LogP contribution in [-0.4, -0.2) is 41.2 Å². The summed E-state index contributed by atoms with van der Waals surface area (Å²) in [6.45, 7) is 2.79. The van der Waals surface area contributed by atoms with Crippen LogP contribution in [0.5, 0.6) is 0 Å². The largest absolute Gasteiger partial charge is 0.465 e. The van der Waals surface area contributed by atoms with Crippen molar-refractivity contribution in [2.75, 3.05) is 18.4 Å². The van der Waals surface area contributed by atoms with Gasteiger partial charge in [0.05, 0.1) is 12.1 Å². The smallest absolute Gasteiger partial charge is 0.416 e. The van der Waals surface area contributed by atoms with Crippen molar-refractivity contribution in [1.82, 2.24) is 10.2 Å². The van der Waals surface area contributed by atoms with Crippen LogP contribution in [0.25, 0.3) is 0 Å². The van der Waals surface area contributed by atoms with Gasteiger partial charge in [-0.2, -0.15) is 13.2 Å². The third-order valence-electron chi connectivity index (χ3n) is 5.75. The monoisotopic (exact) mass is 464 g/mol. The third kappa shape index (κ3) is 5.29. The molecule has 11 heteroatoms. The molecule has 33 heavy (non-hydrogen) atoms. The van der Waals surface area contributed by atoms with Crippen molar-refractivity contribution in [2.45, 2.75) is 44.5 Å². The SMILES string of the molecule is Cc1ccc(CNC(=O)C2=NOC3(CCN(C(=O)Nc4ccc(C(F)(F)F)cc4)CC3)C2)o1. The average molecular weight is 464 g/mol. The maximum Gasteiger partial charge on any atom is 0.416 e. The second-order valence-corrected chi connectivity index (χ2v) is 8.18. The number of carbonyl (C=O) groups is 2. The number of aryl methyl sites for hydroxylation is 1. The molecule has 0 atom stereocenters. The summed E-state index contributed by atoms with van der Waals surface area (Å²) < 4.78 is 43.4. The molecule has 0 bridgehead atoms. The fourth-order valence-corrected chi connectivity index (χ4v) is 3.82. The second kappa shape index (κ2) is 8.80. The van der Waals surface area contributed by atoms with Crippen molar-refractivity contribution >= 4 is 23.3 Å². The number of nitrogens with one attached hydrogen (secondary N) is 2. The summed E-state index contributed by atoms with van der Waals surface area (Å²) in [5.41, 5.74) is -0.850. The molecule has 0 aliphatic carbocycles. The van der Waals surface area contributed by atoms with E-state index in [2.05, 4.69) is 15.8 Å². The molecule has 0 radical (unpaired) electrons. The number of halogens is 3. The van der Waals surface area contributed by atoms with Gasteiger partial charge in [-0.05, 0) is 43.3 Å². The molecule has 1 spiro atoms. The van der Waals surface area contributed by atoms with Gasteiger partial charge in [-0.1, -0.05) is 5.16 Å². The van der Waals surface area contributed by atoms with E-state index in [0.29, 0.717) is 43.8 Å². The highest BCUT2D eigenvalue weighted by atomic mass is 19.4. The fourth-order valence-electron chi connectivity index (χ4n) is 3.82. The lowest BCUT2D eigenvalue weighted by Crippen LogP contribution is -2.48. The molecule has 3 heterocycles. The van der Waals surface area contributed by atoms with Gasteiger partial charge in [0.15, 0.2) is 0 Å². The van der Waals surface area contributed by atoms with Crippen molar-refractivity contribution in [2.24, 2.45) is 5.16 Å². The van der Waals surface area contributed by atoms with Gasteiger partial charge in [-0.15, -0.1) is 0 Å². The maximum atomic E-state index is 12.7. The summed E-state index contributed by atoms with van der Waals surface area (Å²) in [5, 5.41) is 9.32. The van der Waals surface area contributed by atoms with Crippen LogP contribution in [0.15, 0.2) is 46.0 Å². The van der Waals surface area contributed by atoms with Gasteiger partial charge in [-0.25, -0.2) is 4.79 Å². The summed E-state index contributed by atoms with van der Waals surface area (Å²) in [5.74, 6) is 1.07. The van der Waals surface area contributed by atoms with E-state index in [1.165, 1.54) is 12.1 Å². The predicted molar refractivity (Wildman–Crippen MR) is 112 cm³/mol. The summed E-state index contributed by atoms with van der Waals surface area (Å²) in [6, 6.07) is 7.47. The maximum absolute atomic E-state index is 12.7. The number of oxime groups is 1. The Bertz CT molecular complexity index is 1050. The second-order valence-electron chi connectivity index (χ2n) is 8.18. The zero-order valence-corrected chi connectivity index (χ0v) is 17.9. The number of amides is 3. The van der Waals surface area contributed by atoms with E-state index in [-0.39, 0.29) is 18.1 Å². The van der Waals surface area contributed by atoms with Crippen molar-refractivity contribution < 1.29 is 32.0 Å². The zero-order valence-electron chi connectivity index (χ0n) is 17.9. The molecule has 2 aromatic rings. The van der Waals surface area contributed by atoms with E-state index in [0.717, 1.165) is 17.9 Å². The van der Waals surface area contributed by atoms with Gasteiger partial charge >= 0.3 is 12.2 Å². The summed E-state index contributed by atoms with van der Waals surface area (Å²) >= 11 is 0. The number of benzene rings is 1. The first kappa shape index (κ1) is 22.7. The quantitative estimate of drug-likeness (QED) is 0.713. The average Bonchev–Trinajstić information content (AvgIpc) is 3.38. The molecule has 1 aromatic heterocycles. The number of piperidine rings is 1. The predicted octanol–water partition coefficient (Wildman–Crippen LogP) is 4.07. The highest BCUT2D eigenvalue weighted by Crippen LogP contribution is 2.35. The van der Waals surface area contributed by atoms with Gasteiger partial charge in [-0.3, -0.25) is 4.79 Å². The number of hydrogen-bond acceptors (Lipinski definition) is 5. The summed E-state index contributed by atoms with van der Waals surface area (Å²) in [4.78, 5) is 32.1. The van der Waals surface area contributed by atoms with Crippen LogP contribution >= 0.6 is 0 Å². The molecular formula is C22H23F3N4O4. The Morgan fingerprint density at radius 1 is 1.12 bits per heavy atom. The van der Waals surface area contributed by atoms with Crippen LogP contribution < -0.4 is 10.6 Å². The van der Waals surface area contributed by atoms with E-state index < -0.39 is 23.4 Å². The van der Waals surface area contributed by atoms with E-state index >= 15 is 0 Å². The van der Waals surface area contributed by atoms with Crippen LogP contribution in [0.1, 0.15) is 36.3 Å². The van der Waals surface area contributed by atoms with Crippen molar-refractivity contribution in [3.8, 4) is 0 Å². The Morgan fingerprint density at radius 3 is 2.42 bits per heavy atom. The van der Waals surface area contributed by atoms with Crippen LogP contribution in [-0.2, 0) is 22.4 Å². The number of carbonyl (C=O) groups excluding carboxylic acids is 2. The van der Waals surface area contributed by atoms with E-state index in [1.54, 1.807) is 11.0 Å².